The zero-order valence-corrected chi connectivity index (χ0v) is 13.7. The van der Waals surface area contributed by atoms with Gasteiger partial charge in [0.25, 0.3) is 5.91 Å². The summed E-state index contributed by atoms with van der Waals surface area (Å²) in [6.45, 7) is 8.53. The standard InChI is InChI=1S/C15H22N2O3S/c1-4-20-15(19)13-10(2)11(3)21-14(13)16-12(18)9-17-7-5-6-8-17/h4-9H2,1-3H3,(H,16,18)/p+1. The first-order chi connectivity index (χ1) is 10.0. The van der Waals surface area contributed by atoms with Gasteiger partial charge in [-0.1, -0.05) is 0 Å². The molecule has 116 valence electrons. The Morgan fingerprint density at radius 1 is 1.29 bits per heavy atom. The first-order valence-corrected chi connectivity index (χ1v) is 8.25. The van der Waals surface area contributed by atoms with Crippen LogP contribution in [0.4, 0.5) is 5.00 Å². The highest BCUT2D eigenvalue weighted by Crippen LogP contribution is 2.32. The van der Waals surface area contributed by atoms with Gasteiger partial charge in [0.15, 0.2) is 6.54 Å². The van der Waals surface area contributed by atoms with Crippen molar-refractivity contribution in [1.29, 1.82) is 0 Å². The third-order valence-electron chi connectivity index (χ3n) is 3.84. The summed E-state index contributed by atoms with van der Waals surface area (Å²) in [5.74, 6) is -0.387. The normalized spacial score (nSPS) is 15.2. The van der Waals surface area contributed by atoms with E-state index in [0.717, 1.165) is 23.5 Å². The number of rotatable bonds is 5. The molecule has 0 radical (unpaired) electrons. The number of carbonyl (C=O) groups excluding carboxylic acids is 2. The molecule has 0 saturated carbocycles. The van der Waals surface area contributed by atoms with Crippen molar-refractivity contribution in [1.82, 2.24) is 0 Å². The van der Waals surface area contributed by atoms with E-state index in [-0.39, 0.29) is 11.9 Å². The smallest absolute Gasteiger partial charge is 0.341 e. The van der Waals surface area contributed by atoms with E-state index < -0.39 is 0 Å². The highest BCUT2D eigenvalue weighted by atomic mass is 32.1. The average Bonchev–Trinajstić information content (AvgIpc) is 2.99. The molecule has 0 bridgehead atoms. The number of anilines is 1. The number of hydrogen-bond donors (Lipinski definition) is 2. The first-order valence-electron chi connectivity index (χ1n) is 7.43. The second-order valence-electron chi connectivity index (χ2n) is 5.39. The minimum absolute atomic E-state index is 0.0290. The molecule has 1 aromatic heterocycles. The van der Waals surface area contributed by atoms with E-state index in [1.54, 1.807) is 6.92 Å². The molecule has 0 atom stereocenters. The number of ether oxygens (including phenoxy) is 1. The number of quaternary nitrogens is 1. The number of carbonyl (C=O) groups is 2. The summed E-state index contributed by atoms with van der Waals surface area (Å²) in [6, 6.07) is 0. The fourth-order valence-corrected chi connectivity index (χ4v) is 3.68. The van der Waals surface area contributed by atoms with Crippen LogP contribution in [0.25, 0.3) is 0 Å². The summed E-state index contributed by atoms with van der Waals surface area (Å²) in [7, 11) is 0. The molecule has 0 aromatic carbocycles. The second-order valence-corrected chi connectivity index (χ2v) is 6.61. The Labute approximate surface area is 129 Å². The van der Waals surface area contributed by atoms with Crippen LogP contribution >= 0.6 is 11.3 Å². The lowest BCUT2D eigenvalue weighted by Crippen LogP contribution is -3.11. The first kappa shape index (κ1) is 16.0. The van der Waals surface area contributed by atoms with Crippen LogP contribution < -0.4 is 10.2 Å². The van der Waals surface area contributed by atoms with Crippen LogP contribution in [0.2, 0.25) is 0 Å². The zero-order chi connectivity index (χ0) is 15.4. The van der Waals surface area contributed by atoms with Gasteiger partial charge in [0.1, 0.15) is 5.00 Å². The molecule has 0 unspecified atom stereocenters. The topological polar surface area (TPSA) is 59.8 Å². The van der Waals surface area contributed by atoms with Gasteiger partial charge in [-0.15, -0.1) is 11.3 Å². The third kappa shape index (κ3) is 3.83. The lowest BCUT2D eigenvalue weighted by atomic mass is 10.1. The van der Waals surface area contributed by atoms with Crippen LogP contribution in [0, 0.1) is 13.8 Å². The van der Waals surface area contributed by atoms with Crippen LogP contribution in [0.5, 0.6) is 0 Å². The van der Waals surface area contributed by atoms with Crippen molar-refractivity contribution in [2.75, 3.05) is 31.6 Å². The Balaban J connectivity index is 2.09. The fourth-order valence-electron chi connectivity index (χ4n) is 2.61. The minimum atomic E-state index is -0.358. The molecule has 5 nitrogen and oxygen atoms in total. The van der Waals surface area contributed by atoms with E-state index >= 15 is 0 Å². The Morgan fingerprint density at radius 2 is 1.95 bits per heavy atom. The molecule has 2 heterocycles. The predicted octanol–water partition coefficient (Wildman–Crippen LogP) is 1.16. The molecule has 0 spiro atoms. The van der Waals surface area contributed by atoms with E-state index in [9.17, 15) is 9.59 Å². The zero-order valence-electron chi connectivity index (χ0n) is 12.9. The van der Waals surface area contributed by atoms with Gasteiger partial charge >= 0.3 is 5.97 Å². The lowest BCUT2D eigenvalue weighted by molar-refractivity contribution is -0.878. The Morgan fingerprint density at radius 3 is 2.57 bits per heavy atom. The molecular formula is C15H23N2O3S+. The fraction of sp³-hybridized carbons (Fsp3) is 0.600. The van der Waals surface area contributed by atoms with Crippen LogP contribution in [0.3, 0.4) is 0 Å². The molecular weight excluding hydrogens is 288 g/mol. The molecule has 6 heteroatoms. The highest BCUT2D eigenvalue weighted by Gasteiger charge is 2.24. The average molecular weight is 311 g/mol. The lowest BCUT2D eigenvalue weighted by Gasteiger charge is -2.12. The monoisotopic (exact) mass is 311 g/mol. The van der Waals surface area contributed by atoms with Crippen LogP contribution in [0.1, 0.15) is 40.6 Å². The van der Waals surface area contributed by atoms with Crippen molar-refractivity contribution in [3.05, 3.63) is 16.0 Å². The third-order valence-corrected chi connectivity index (χ3v) is 4.96. The molecule has 1 saturated heterocycles. The molecule has 1 fully saturated rings. The van der Waals surface area contributed by atoms with Crippen LogP contribution in [-0.2, 0) is 9.53 Å². The van der Waals surface area contributed by atoms with Gasteiger partial charge in [0, 0.05) is 17.7 Å². The molecule has 1 aromatic rings. The molecule has 0 aliphatic carbocycles. The van der Waals surface area contributed by atoms with E-state index in [1.165, 1.54) is 29.1 Å². The Hall–Kier alpha value is -1.40. The van der Waals surface area contributed by atoms with Crippen molar-refractivity contribution in [3.63, 3.8) is 0 Å². The van der Waals surface area contributed by atoms with Crippen LogP contribution in [-0.4, -0.2) is 38.1 Å². The van der Waals surface area contributed by atoms with Crippen molar-refractivity contribution in [2.45, 2.75) is 33.6 Å². The summed E-state index contributed by atoms with van der Waals surface area (Å²) in [4.78, 5) is 26.5. The molecule has 2 N–H and O–H groups in total. The van der Waals surface area contributed by atoms with Gasteiger partial charge in [0.2, 0.25) is 0 Å². The molecule has 2 rings (SSSR count). The second kappa shape index (κ2) is 7.04. The molecule has 1 aliphatic rings. The quantitative estimate of drug-likeness (QED) is 0.802. The van der Waals surface area contributed by atoms with Gasteiger partial charge in [-0.05, 0) is 26.3 Å². The largest absolute Gasteiger partial charge is 0.462 e. The van der Waals surface area contributed by atoms with Gasteiger partial charge < -0.3 is 15.0 Å². The number of hydrogen-bond acceptors (Lipinski definition) is 4. The number of esters is 1. The molecule has 21 heavy (non-hydrogen) atoms. The van der Waals surface area contributed by atoms with Crippen LogP contribution in [0.15, 0.2) is 0 Å². The SMILES string of the molecule is CCOC(=O)c1c(NC(=O)C[NH+]2CCCC2)sc(C)c1C. The summed E-state index contributed by atoms with van der Waals surface area (Å²) in [6.07, 6.45) is 2.38. The maximum absolute atomic E-state index is 12.1. The maximum atomic E-state index is 12.1. The summed E-state index contributed by atoms with van der Waals surface area (Å²) in [5.41, 5.74) is 1.39. The summed E-state index contributed by atoms with van der Waals surface area (Å²) in [5, 5.41) is 3.51. The number of thiophene rings is 1. The van der Waals surface area contributed by atoms with Gasteiger partial charge in [-0.25, -0.2) is 4.79 Å². The number of aryl methyl sites for hydroxylation is 1. The van der Waals surface area contributed by atoms with Gasteiger partial charge in [0.05, 0.1) is 25.3 Å². The van der Waals surface area contributed by atoms with E-state index in [0.29, 0.717) is 23.7 Å². The van der Waals surface area contributed by atoms with E-state index in [2.05, 4.69) is 5.32 Å². The number of nitrogens with one attached hydrogen (secondary N) is 2. The van der Waals surface area contributed by atoms with Crippen molar-refractivity contribution in [3.8, 4) is 0 Å². The van der Waals surface area contributed by atoms with Gasteiger partial charge in [-0.2, -0.15) is 0 Å². The molecule has 1 amide bonds. The number of likely N-dealkylation sites (tertiary alicyclic amines) is 1. The van der Waals surface area contributed by atoms with Crippen molar-refractivity contribution >= 4 is 28.2 Å². The van der Waals surface area contributed by atoms with E-state index in [1.807, 2.05) is 13.8 Å². The Kier molecular flexibility index (Phi) is 5.36. The van der Waals surface area contributed by atoms with Crippen molar-refractivity contribution in [2.24, 2.45) is 0 Å². The number of amides is 1. The van der Waals surface area contributed by atoms with Gasteiger partial charge in [-0.3, -0.25) is 4.79 Å². The highest BCUT2D eigenvalue weighted by molar-refractivity contribution is 7.16. The van der Waals surface area contributed by atoms with Crippen molar-refractivity contribution < 1.29 is 19.2 Å². The van der Waals surface area contributed by atoms with E-state index in [4.69, 9.17) is 4.74 Å². The maximum Gasteiger partial charge on any atom is 0.341 e. The summed E-state index contributed by atoms with van der Waals surface area (Å²) < 4.78 is 5.09. The summed E-state index contributed by atoms with van der Waals surface area (Å²) >= 11 is 1.44. The molecule has 1 aliphatic heterocycles. The minimum Gasteiger partial charge on any atom is -0.462 e. The predicted molar refractivity (Wildman–Crippen MR) is 83.2 cm³/mol. The Bertz CT molecular complexity index is 533.